The molecule has 1 saturated heterocycles. The van der Waals surface area contributed by atoms with Gasteiger partial charge in [0.15, 0.2) is 0 Å². The molecule has 1 fully saturated rings. The number of hydrogen-bond donors (Lipinski definition) is 4. The van der Waals surface area contributed by atoms with Crippen LogP contribution < -0.4 is 5.32 Å². The Labute approximate surface area is 140 Å². The monoisotopic (exact) mass is 404 g/mol. The van der Waals surface area contributed by atoms with E-state index in [9.17, 15) is 23.1 Å². The summed E-state index contributed by atoms with van der Waals surface area (Å²) in [5.41, 5.74) is 0.228. The quantitative estimate of drug-likeness (QED) is 0.337. The second-order valence-electron chi connectivity index (χ2n) is 5.20. The molecule has 2 amide bonds. The molecule has 0 aromatic carbocycles. The van der Waals surface area contributed by atoms with Crippen molar-refractivity contribution in [2.24, 2.45) is 0 Å². The van der Waals surface area contributed by atoms with Crippen LogP contribution in [0.3, 0.4) is 0 Å². The molecule has 4 N–H and O–H groups in total. The molecular weight excluding hydrogens is 389 g/mol. The molecule has 0 aliphatic carbocycles. The number of carbonyl (C=O) groups is 2. The molecule has 0 radical (unpaired) electrons. The predicted molar refractivity (Wildman–Crippen MR) is 76.2 cm³/mol. The third-order valence-electron chi connectivity index (χ3n) is 3.21. The maximum absolute atomic E-state index is 14.5. The second kappa shape index (κ2) is 7.22. The number of urea groups is 1. The number of alkyl halides is 1. The predicted octanol–water partition coefficient (Wildman–Crippen LogP) is 0.123. The van der Waals surface area contributed by atoms with Crippen molar-refractivity contribution in [2.75, 3.05) is 13.2 Å². The van der Waals surface area contributed by atoms with Gasteiger partial charge in [-0.25, -0.2) is 18.3 Å². The summed E-state index contributed by atoms with van der Waals surface area (Å²) in [6.45, 7) is -1.15. The fourth-order valence-corrected chi connectivity index (χ4v) is 3.80. The number of nitrogens with one attached hydrogen (secondary N) is 1. The van der Waals surface area contributed by atoms with E-state index in [4.69, 9.17) is 19.4 Å². The fraction of sp³-hybridized carbons (Fsp3) is 0.600. The fourth-order valence-electron chi connectivity index (χ4n) is 2.18. The number of phosphoric ester groups is 1. The van der Waals surface area contributed by atoms with Crippen LogP contribution in [0.4, 0.5) is 9.18 Å². The Hall–Kier alpha value is -1.17. The van der Waals surface area contributed by atoms with E-state index in [1.165, 1.54) is 6.20 Å². The highest BCUT2D eigenvalue weighted by atomic mass is 31.3. The molecule has 2 aliphatic rings. The van der Waals surface area contributed by atoms with E-state index in [1.54, 1.807) is 0 Å². The standard InChI is InChI=1S/C10H15FN2O10P2/c11-10(6-21-25(19,20)23-24(16,17)18)2-1-8(22-10)13-4-7(5-14)3-12-9(13)15/h4-5,8H,1-3,6H2,(H,12,15)(H,19,20)(H2,16,17,18)/t8-,10+/m1/s1. The molecule has 15 heteroatoms. The van der Waals surface area contributed by atoms with Crippen LogP contribution in [0.25, 0.3) is 0 Å². The maximum atomic E-state index is 14.5. The number of ether oxygens (including phenoxy) is 1. The summed E-state index contributed by atoms with van der Waals surface area (Å²) < 4.78 is 49.1. The van der Waals surface area contributed by atoms with Crippen molar-refractivity contribution in [3.8, 4) is 0 Å². The average Bonchev–Trinajstić information content (AvgIpc) is 2.87. The zero-order chi connectivity index (χ0) is 18.9. The minimum Gasteiger partial charge on any atom is -0.333 e. The molecule has 0 saturated carbocycles. The number of phosphoric acid groups is 2. The first kappa shape index (κ1) is 20.1. The third-order valence-corrected chi connectivity index (χ3v) is 5.34. The van der Waals surface area contributed by atoms with Gasteiger partial charge in [0, 0.05) is 24.7 Å². The van der Waals surface area contributed by atoms with E-state index in [0.717, 1.165) is 4.90 Å². The van der Waals surface area contributed by atoms with Gasteiger partial charge in [-0.2, -0.15) is 4.31 Å². The lowest BCUT2D eigenvalue weighted by molar-refractivity contribution is -0.176. The van der Waals surface area contributed by atoms with Gasteiger partial charge in [0.05, 0.1) is 0 Å². The second-order valence-corrected chi connectivity index (χ2v) is 8.03. The lowest BCUT2D eigenvalue weighted by atomic mass is 10.2. The minimum atomic E-state index is -5.33. The topological polar surface area (TPSA) is 172 Å². The van der Waals surface area contributed by atoms with E-state index in [1.807, 2.05) is 0 Å². The zero-order valence-electron chi connectivity index (χ0n) is 12.5. The van der Waals surface area contributed by atoms with Crippen LogP contribution in [-0.4, -0.2) is 57.1 Å². The van der Waals surface area contributed by atoms with Crippen molar-refractivity contribution < 1.29 is 51.4 Å². The van der Waals surface area contributed by atoms with Gasteiger partial charge in [-0.1, -0.05) is 0 Å². The Kier molecular flexibility index (Phi) is 5.81. The van der Waals surface area contributed by atoms with Crippen LogP contribution in [0.5, 0.6) is 0 Å². The number of aldehydes is 1. The Bertz CT molecular complexity index is 681. The summed E-state index contributed by atoms with van der Waals surface area (Å²) in [4.78, 5) is 49.5. The SMILES string of the molecule is O=CC1=CN([C@H]2CC[C@@](F)(COP(=O)(O)OP(=O)(O)O)O2)C(=O)NC1. The molecular formula is C10H15FN2O10P2. The number of rotatable bonds is 7. The first-order valence-electron chi connectivity index (χ1n) is 6.76. The number of halogens is 1. The van der Waals surface area contributed by atoms with Crippen LogP contribution in [0.2, 0.25) is 0 Å². The van der Waals surface area contributed by atoms with E-state index < -0.39 is 40.4 Å². The Morgan fingerprint density at radius 3 is 2.76 bits per heavy atom. The lowest BCUT2D eigenvalue weighted by Gasteiger charge is -2.30. The van der Waals surface area contributed by atoms with E-state index in [-0.39, 0.29) is 25.0 Å². The van der Waals surface area contributed by atoms with Gasteiger partial charge in [-0.05, 0) is 6.42 Å². The van der Waals surface area contributed by atoms with Crippen molar-refractivity contribution in [1.29, 1.82) is 0 Å². The molecule has 0 aromatic heterocycles. The summed E-state index contributed by atoms with van der Waals surface area (Å²) in [6, 6.07) is -0.626. The van der Waals surface area contributed by atoms with Gasteiger partial charge in [0.1, 0.15) is 19.1 Å². The van der Waals surface area contributed by atoms with Crippen molar-refractivity contribution in [3.63, 3.8) is 0 Å². The normalized spacial score (nSPS) is 29.8. The molecule has 25 heavy (non-hydrogen) atoms. The highest BCUT2D eigenvalue weighted by Crippen LogP contribution is 2.58. The lowest BCUT2D eigenvalue weighted by Crippen LogP contribution is -2.48. The molecule has 1 unspecified atom stereocenters. The average molecular weight is 404 g/mol. The summed E-state index contributed by atoms with van der Waals surface area (Å²) in [5.74, 6) is -2.60. The summed E-state index contributed by atoms with van der Waals surface area (Å²) >= 11 is 0. The van der Waals surface area contributed by atoms with Gasteiger partial charge in [0.2, 0.25) is 5.85 Å². The van der Waals surface area contributed by atoms with Gasteiger partial charge >= 0.3 is 21.7 Å². The number of carbonyl (C=O) groups excluding carboxylic acids is 2. The van der Waals surface area contributed by atoms with E-state index in [2.05, 4.69) is 14.2 Å². The van der Waals surface area contributed by atoms with Gasteiger partial charge in [-0.3, -0.25) is 14.2 Å². The van der Waals surface area contributed by atoms with Crippen LogP contribution in [-0.2, 0) is 27.5 Å². The molecule has 2 rings (SSSR count). The van der Waals surface area contributed by atoms with Crippen LogP contribution in [0.15, 0.2) is 11.8 Å². The van der Waals surface area contributed by atoms with E-state index >= 15 is 0 Å². The largest absolute Gasteiger partial charge is 0.481 e. The van der Waals surface area contributed by atoms with Gasteiger partial charge in [-0.15, -0.1) is 0 Å². The van der Waals surface area contributed by atoms with Crippen molar-refractivity contribution >= 4 is 28.0 Å². The van der Waals surface area contributed by atoms with Crippen molar-refractivity contribution in [2.45, 2.75) is 24.9 Å². The van der Waals surface area contributed by atoms with Crippen LogP contribution in [0, 0.1) is 0 Å². The molecule has 0 spiro atoms. The molecule has 142 valence electrons. The minimum absolute atomic E-state index is 0.0167. The smallest absolute Gasteiger partial charge is 0.333 e. The molecule has 2 aliphatic heterocycles. The third kappa shape index (κ3) is 5.66. The summed E-state index contributed by atoms with van der Waals surface area (Å²) in [6.07, 6.45) is 0.225. The number of amides is 2. The van der Waals surface area contributed by atoms with Crippen molar-refractivity contribution in [3.05, 3.63) is 11.8 Å². The van der Waals surface area contributed by atoms with Crippen LogP contribution in [0.1, 0.15) is 12.8 Å². The highest BCUT2D eigenvalue weighted by Gasteiger charge is 2.46. The number of nitrogens with zero attached hydrogens (tertiary/aromatic N) is 1. The summed E-state index contributed by atoms with van der Waals surface area (Å²) in [7, 11) is -10.5. The van der Waals surface area contributed by atoms with Crippen molar-refractivity contribution in [1.82, 2.24) is 10.2 Å². The first-order chi connectivity index (χ1) is 11.4. The maximum Gasteiger partial charge on any atom is 0.481 e. The van der Waals surface area contributed by atoms with Gasteiger partial charge < -0.3 is 24.7 Å². The molecule has 3 atom stereocenters. The van der Waals surface area contributed by atoms with Gasteiger partial charge in [0.25, 0.3) is 0 Å². The Balaban J connectivity index is 1.98. The summed E-state index contributed by atoms with van der Waals surface area (Å²) in [5, 5.41) is 2.38. The number of hydrogen-bond acceptors (Lipinski definition) is 7. The molecule has 0 aromatic rings. The Morgan fingerprint density at radius 1 is 1.48 bits per heavy atom. The molecule has 12 nitrogen and oxygen atoms in total. The van der Waals surface area contributed by atoms with E-state index in [0.29, 0.717) is 6.29 Å². The molecule has 0 bridgehead atoms. The molecule has 2 heterocycles. The Morgan fingerprint density at radius 2 is 2.16 bits per heavy atom. The highest BCUT2D eigenvalue weighted by molar-refractivity contribution is 7.60. The first-order valence-corrected chi connectivity index (χ1v) is 9.79. The zero-order valence-corrected chi connectivity index (χ0v) is 14.3. The van der Waals surface area contributed by atoms with Crippen LogP contribution >= 0.6 is 15.6 Å².